The molecule has 2 aromatic rings. The van der Waals surface area contributed by atoms with Crippen LogP contribution in [0.15, 0.2) is 30.9 Å². The van der Waals surface area contributed by atoms with Crippen molar-refractivity contribution in [3.8, 4) is 11.8 Å². The Morgan fingerprint density at radius 3 is 2.86 bits per heavy atom. The van der Waals surface area contributed by atoms with Gasteiger partial charge in [0, 0.05) is 0 Å². The molecule has 5 heteroatoms. The summed E-state index contributed by atoms with van der Waals surface area (Å²) in [7, 11) is 0. The third kappa shape index (κ3) is 1.33. The van der Waals surface area contributed by atoms with Gasteiger partial charge in [-0.3, -0.25) is 0 Å². The molecule has 1 aromatic carbocycles. The van der Waals surface area contributed by atoms with E-state index in [1.807, 2.05) is 6.07 Å². The summed E-state index contributed by atoms with van der Waals surface area (Å²) in [5.41, 5.74) is 0.563. The van der Waals surface area contributed by atoms with Crippen LogP contribution in [0.3, 0.4) is 0 Å². The number of nitriles is 1. The van der Waals surface area contributed by atoms with Crippen LogP contribution < -0.4 is 0 Å². The van der Waals surface area contributed by atoms with E-state index in [-0.39, 0.29) is 11.3 Å². The number of aromatic nitrogens is 3. The molecule has 0 saturated heterocycles. The molecule has 0 aliphatic carbocycles. The highest BCUT2D eigenvalue weighted by atomic mass is 19.1. The quantitative estimate of drug-likeness (QED) is 0.677. The lowest BCUT2D eigenvalue weighted by atomic mass is 10.2. The van der Waals surface area contributed by atoms with Gasteiger partial charge in [0.05, 0.1) is 11.6 Å². The largest absolute Gasteiger partial charge is 0.223 e. The van der Waals surface area contributed by atoms with Crippen LogP contribution in [0.2, 0.25) is 0 Å². The molecule has 0 saturated carbocycles. The first-order chi connectivity index (χ1) is 6.81. The van der Waals surface area contributed by atoms with E-state index in [2.05, 4.69) is 10.1 Å². The van der Waals surface area contributed by atoms with E-state index in [9.17, 15) is 4.39 Å². The average molecular weight is 188 g/mol. The molecular formula is C9H5FN4. The van der Waals surface area contributed by atoms with Gasteiger partial charge in [-0.1, -0.05) is 0 Å². The van der Waals surface area contributed by atoms with Gasteiger partial charge in [-0.25, -0.2) is 14.1 Å². The van der Waals surface area contributed by atoms with Gasteiger partial charge in [0.15, 0.2) is 0 Å². The summed E-state index contributed by atoms with van der Waals surface area (Å²) in [5.74, 6) is -0.491. The van der Waals surface area contributed by atoms with Crippen LogP contribution in [0.25, 0.3) is 5.69 Å². The van der Waals surface area contributed by atoms with Crippen molar-refractivity contribution in [1.82, 2.24) is 14.8 Å². The molecule has 0 atom stereocenters. The van der Waals surface area contributed by atoms with Gasteiger partial charge in [0.1, 0.15) is 24.2 Å². The Kier molecular flexibility index (Phi) is 1.95. The second-order valence-electron chi connectivity index (χ2n) is 2.62. The molecule has 1 aromatic heterocycles. The van der Waals surface area contributed by atoms with Gasteiger partial charge in [0.25, 0.3) is 0 Å². The summed E-state index contributed by atoms with van der Waals surface area (Å²) in [6.45, 7) is 0. The third-order valence-corrected chi connectivity index (χ3v) is 1.74. The smallest absolute Gasteiger partial charge is 0.150 e. The minimum absolute atomic E-state index is 0.279. The Labute approximate surface area is 79.2 Å². The third-order valence-electron chi connectivity index (χ3n) is 1.74. The predicted molar refractivity (Wildman–Crippen MR) is 46.0 cm³/mol. The second-order valence-corrected chi connectivity index (χ2v) is 2.62. The van der Waals surface area contributed by atoms with E-state index in [0.29, 0.717) is 0 Å². The zero-order valence-electron chi connectivity index (χ0n) is 7.05. The molecule has 0 aliphatic heterocycles. The molecule has 14 heavy (non-hydrogen) atoms. The molecule has 2 rings (SSSR count). The molecule has 0 aliphatic rings. The summed E-state index contributed by atoms with van der Waals surface area (Å²) in [6, 6.07) is 6.04. The summed E-state index contributed by atoms with van der Waals surface area (Å²) in [5, 5.41) is 12.3. The topological polar surface area (TPSA) is 54.5 Å². The van der Waals surface area contributed by atoms with Crippen LogP contribution in [0, 0.1) is 17.1 Å². The summed E-state index contributed by atoms with van der Waals surface area (Å²) >= 11 is 0. The van der Waals surface area contributed by atoms with Crippen molar-refractivity contribution in [3.05, 3.63) is 42.2 Å². The number of rotatable bonds is 1. The van der Waals surface area contributed by atoms with E-state index in [0.717, 1.165) is 6.07 Å². The van der Waals surface area contributed by atoms with Crippen LogP contribution in [-0.4, -0.2) is 14.8 Å². The lowest BCUT2D eigenvalue weighted by Gasteiger charge is -2.01. The first-order valence-corrected chi connectivity index (χ1v) is 3.86. The van der Waals surface area contributed by atoms with Crippen molar-refractivity contribution in [2.24, 2.45) is 0 Å². The molecule has 0 bridgehead atoms. The predicted octanol–water partition coefficient (Wildman–Crippen LogP) is 1.28. The molecule has 0 spiro atoms. The normalized spacial score (nSPS) is 9.71. The maximum absolute atomic E-state index is 13.4. The molecule has 4 nitrogen and oxygen atoms in total. The lowest BCUT2D eigenvalue weighted by molar-refractivity contribution is 0.610. The maximum Gasteiger partial charge on any atom is 0.150 e. The Morgan fingerprint density at radius 2 is 2.29 bits per heavy atom. The highest BCUT2D eigenvalue weighted by molar-refractivity contribution is 5.39. The first kappa shape index (κ1) is 8.38. The average Bonchev–Trinajstić information content (AvgIpc) is 2.70. The van der Waals surface area contributed by atoms with Crippen molar-refractivity contribution in [3.63, 3.8) is 0 Å². The molecular weight excluding hydrogens is 183 g/mol. The minimum atomic E-state index is -0.491. The molecule has 0 N–H and O–H groups in total. The Hall–Kier alpha value is -2.22. The van der Waals surface area contributed by atoms with Crippen molar-refractivity contribution >= 4 is 0 Å². The molecule has 0 unspecified atom stereocenters. The van der Waals surface area contributed by atoms with Crippen LogP contribution in [0.1, 0.15) is 5.56 Å². The minimum Gasteiger partial charge on any atom is -0.223 e. The molecule has 1 heterocycles. The summed E-state index contributed by atoms with van der Waals surface area (Å²) in [6.07, 6.45) is 2.71. The van der Waals surface area contributed by atoms with Gasteiger partial charge in [0.2, 0.25) is 0 Å². The van der Waals surface area contributed by atoms with Gasteiger partial charge in [-0.15, -0.1) is 0 Å². The van der Waals surface area contributed by atoms with Gasteiger partial charge >= 0.3 is 0 Å². The van der Waals surface area contributed by atoms with E-state index < -0.39 is 5.82 Å². The van der Waals surface area contributed by atoms with Crippen LogP contribution in [0.4, 0.5) is 4.39 Å². The lowest BCUT2D eigenvalue weighted by Crippen LogP contribution is -1.98. The van der Waals surface area contributed by atoms with E-state index in [1.165, 1.54) is 29.5 Å². The van der Waals surface area contributed by atoms with Crippen molar-refractivity contribution in [2.75, 3.05) is 0 Å². The Morgan fingerprint density at radius 1 is 1.43 bits per heavy atom. The Balaban J connectivity index is 2.52. The highest BCUT2D eigenvalue weighted by Crippen LogP contribution is 2.12. The standard InChI is InChI=1S/C9H5FN4/c10-8-3-7(4-11)1-2-9(8)14-6-12-5-13-14/h1-3,5-6H. The number of hydrogen-bond donors (Lipinski definition) is 0. The van der Waals surface area contributed by atoms with E-state index in [1.54, 1.807) is 0 Å². The van der Waals surface area contributed by atoms with E-state index >= 15 is 0 Å². The van der Waals surface area contributed by atoms with Crippen molar-refractivity contribution in [2.45, 2.75) is 0 Å². The molecule has 0 amide bonds. The fourth-order valence-electron chi connectivity index (χ4n) is 1.09. The zero-order chi connectivity index (χ0) is 9.97. The zero-order valence-corrected chi connectivity index (χ0v) is 7.05. The number of halogens is 1. The van der Waals surface area contributed by atoms with Gasteiger partial charge < -0.3 is 0 Å². The fraction of sp³-hybridized carbons (Fsp3) is 0. The van der Waals surface area contributed by atoms with Gasteiger partial charge in [-0.2, -0.15) is 10.4 Å². The van der Waals surface area contributed by atoms with Crippen molar-refractivity contribution < 1.29 is 4.39 Å². The molecule has 0 radical (unpaired) electrons. The maximum atomic E-state index is 13.4. The SMILES string of the molecule is N#Cc1ccc(-n2cncn2)c(F)c1. The number of benzene rings is 1. The molecule has 68 valence electrons. The summed E-state index contributed by atoms with van der Waals surface area (Å²) < 4.78 is 14.7. The van der Waals surface area contributed by atoms with Crippen LogP contribution in [-0.2, 0) is 0 Å². The summed E-state index contributed by atoms with van der Waals surface area (Å²) in [4.78, 5) is 3.70. The number of hydrogen-bond acceptors (Lipinski definition) is 3. The monoisotopic (exact) mass is 188 g/mol. The molecule has 0 fully saturated rings. The number of nitrogens with zero attached hydrogens (tertiary/aromatic N) is 4. The highest BCUT2D eigenvalue weighted by Gasteiger charge is 2.05. The fourth-order valence-corrected chi connectivity index (χ4v) is 1.09. The second kappa shape index (κ2) is 3.26. The van der Waals surface area contributed by atoms with Crippen LogP contribution in [0.5, 0.6) is 0 Å². The Bertz CT molecular complexity index is 484. The van der Waals surface area contributed by atoms with Crippen LogP contribution >= 0.6 is 0 Å². The van der Waals surface area contributed by atoms with Crippen molar-refractivity contribution in [1.29, 1.82) is 5.26 Å². The van der Waals surface area contributed by atoms with E-state index in [4.69, 9.17) is 5.26 Å². The first-order valence-electron chi connectivity index (χ1n) is 3.86. The van der Waals surface area contributed by atoms with Gasteiger partial charge in [-0.05, 0) is 18.2 Å².